The molecule has 1 heterocycles. The van der Waals surface area contributed by atoms with Gasteiger partial charge >= 0.3 is 5.97 Å². The van der Waals surface area contributed by atoms with Gasteiger partial charge in [0.05, 0.1) is 44.9 Å². The minimum absolute atomic E-state index is 0.0269. The zero-order chi connectivity index (χ0) is 30.8. The number of rotatable bonds is 9. The molecule has 1 aliphatic heterocycles. The van der Waals surface area contributed by atoms with E-state index in [0.717, 1.165) is 37.1 Å². The Kier molecular flexibility index (Phi) is 11.4. The van der Waals surface area contributed by atoms with Crippen LogP contribution < -0.4 is 23.8 Å². The maximum Gasteiger partial charge on any atom is 0.336 e. The molecule has 10 nitrogen and oxygen atoms in total. The summed E-state index contributed by atoms with van der Waals surface area (Å²) in [6.45, 7) is 6.82. The third kappa shape index (κ3) is 7.62. The van der Waals surface area contributed by atoms with E-state index < -0.39 is 16.3 Å². The lowest BCUT2D eigenvalue weighted by Crippen LogP contribution is -2.44. The number of hydrogen-bond donors (Lipinski definition) is 1. The maximum atomic E-state index is 11.9. The van der Waals surface area contributed by atoms with E-state index in [-0.39, 0.29) is 5.56 Å². The lowest BCUT2D eigenvalue weighted by molar-refractivity contribution is 0.0697. The fraction of sp³-hybridized carbons (Fsp3) is 0.290. The second-order valence-corrected chi connectivity index (χ2v) is 10.0. The Labute approximate surface area is 247 Å². The monoisotopic (exact) mass is 596 g/mol. The van der Waals surface area contributed by atoms with E-state index in [1.165, 1.54) is 13.2 Å². The van der Waals surface area contributed by atoms with Crippen LogP contribution in [0, 0.1) is 0 Å². The topological polar surface area (TPSA) is 115 Å². The molecule has 0 atom stereocenters. The van der Waals surface area contributed by atoms with Gasteiger partial charge in [-0.1, -0.05) is 30.9 Å². The third-order valence-corrected chi connectivity index (χ3v) is 7.27. The van der Waals surface area contributed by atoms with Crippen LogP contribution in [0.2, 0.25) is 0 Å². The van der Waals surface area contributed by atoms with Gasteiger partial charge in [0.25, 0.3) is 0 Å². The van der Waals surface area contributed by atoms with Crippen LogP contribution in [0.1, 0.15) is 21.5 Å². The molecule has 3 aromatic carbocycles. The first-order chi connectivity index (χ1) is 20.2. The number of ether oxygens (including phenoxy) is 4. The summed E-state index contributed by atoms with van der Waals surface area (Å²) in [5.74, 6) is 1.51. The van der Waals surface area contributed by atoms with E-state index >= 15 is 0 Å². The molecule has 0 radical (unpaired) electrons. The second-order valence-electron chi connectivity index (χ2n) is 9.28. The van der Waals surface area contributed by atoms with Gasteiger partial charge < -0.3 is 33.9 Å². The number of aromatic carboxylic acids is 1. The standard InChI is InChI=1S/C20H22N2O5S.C11H14O3/c1-21-7-9-22(10-8-21)18-12-16(15-5-3-4-6-19(15)27-2)17(20(23)24)11-14(18)13-28(25)26;1-5-9-10(13-3)6-8(12-2)7-11(9)14-4/h3-6,11-13H,7-10H2,1-2H3,(H,23,24);5-7H,1H2,2-4H3. The van der Waals surface area contributed by atoms with E-state index in [1.807, 2.05) is 19.2 Å². The predicted octanol–water partition coefficient (Wildman–Crippen LogP) is 4.20. The number of anilines is 1. The molecule has 3 aromatic rings. The number of carboxylic acids is 1. The number of nitrogens with zero attached hydrogens (tertiary/aromatic N) is 2. The Hall–Kier alpha value is -4.48. The van der Waals surface area contributed by atoms with E-state index in [4.69, 9.17) is 18.9 Å². The number of para-hydroxylation sites is 1. The number of carbonyl (C=O) groups is 1. The fourth-order valence-electron chi connectivity index (χ4n) is 4.63. The van der Waals surface area contributed by atoms with E-state index in [0.29, 0.717) is 45.4 Å². The highest BCUT2D eigenvalue weighted by atomic mass is 32.2. The van der Waals surface area contributed by atoms with E-state index in [1.54, 1.807) is 57.7 Å². The number of carboxylic acid groups (broad SMARTS) is 1. The molecule has 42 heavy (non-hydrogen) atoms. The zero-order valence-corrected chi connectivity index (χ0v) is 25.2. The molecule has 0 spiro atoms. The molecule has 0 aliphatic carbocycles. The number of hydrogen-bond acceptors (Lipinski definition) is 9. The van der Waals surface area contributed by atoms with Gasteiger partial charge in [-0.25, -0.2) is 4.79 Å². The Bertz CT molecular complexity index is 1530. The lowest BCUT2D eigenvalue weighted by atomic mass is 9.95. The van der Waals surface area contributed by atoms with Crippen LogP contribution in [0.3, 0.4) is 0 Å². The predicted molar refractivity (Wildman–Crippen MR) is 165 cm³/mol. The van der Waals surface area contributed by atoms with Crippen LogP contribution >= 0.6 is 0 Å². The van der Waals surface area contributed by atoms with E-state index in [9.17, 15) is 18.3 Å². The van der Waals surface area contributed by atoms with Crippen molar-refractivity contribution in [2.75, 3.05) is 66.6 Å². The van der Waals surface area contributed by atoms with Gasteiger partial charge in [0, 0.05) is 60.7 Å². The molecule has 0 aromatic heterocycles. The molecule has 1 saturated heterocycles. The summed E-state index contributed by atoms with van der Waals surface area (Å²) < 4.78 is 43.6. The summed E-state index contributed by atoms with van der Waals surface area (Å²) in [6.07, 6.45) is 1.69. The average molecular weight is 597 g/mol. The van der Waals surface area contributed by atoms with Crippen molar-refractivity contribution in [3.8, 4) is 34.1 Å². The van der Waals surface area contributed by atoms with Crippen molar-refractivity contribution in [3.63, 3.8) is 0 Å². The first-order valence-electron chi connectivity index (χ1n) is 13.0. The first-order valence-corrected chi connectivity index (χ1v) is 14.1. The van der Waals surface area contributed by atoms with Gasteiger partial charge in [-0.15, -0.1) is 0 Å². The second kappa shape index (κ2) is 14.9. The van der Waals surface area contributed by atoms with Crippen molar-refractivity contribution in [1.29, 1.82) is 0 Å². The molecule has 4 rings (SSSR count). The van der Waals surface area contributed by atoms with Crippen molar-refractivity contribution < 1.29 is 37.3 Å². The summed E-state index contributed by atoms with van der Waals surface area (Å²) in [4.78, 5) is 16.2. The fourth-order valence-corrected chi connectivity index (χ4v) is 5.02. The Morgan fingerprint density at radius 2 is 1.45 bits per heavy atom. The average Bonchev–Trinajstić information content (AvgIpc) is 3.00. The summed E-state index contributed by atoms with van der Waals surface area (Å²) in [5, 5.41) is 10.8. The highest BCUT2D eigenvalue weighted by Crippen LogP contribution is 2.37. The molecule has 11 heteroatoms. The van der Waals surface area contributed by atoms with Gasteiger partial charge in [0.2, 0.25) is 10.3 Å². The lowest BCUT2D eigenvalue weighted by Gasteiger charge is -2.35. The van der Waals surface area contributed by atoms with Crippen LogP contribution in [0.5, 0.6) is 23.0 Å². The Balaban J connectivity index is 0.000000291. The smallest absolute Gasteiger partial charge is 0.336 e. The molecule has 0 amide bonds. The van der Waals surface area contributed by atoms with Gasteiger partial charge in [-0.2, -0.15) is 8.42 Å². The molecular weight excluding hydrogens is 560 g/mol. The number of methoxy groups -OCH3 is 4. The minimum atomic E-state index is -2.45. The van der Waals surface area contributed by atoms with Crippen LogP contribution in [0.25, 0.3) is 17.2 Å². The van der Waals surface area contributed by atoms with Crippen LogP contribution in [-0.2, 0) is 10.3 Å². The number of likely N-dealkylation sites (N-methyl/N-ethyl adjacent to an activating group) is 1. The van der Waals surface area contributed by atoms with Gasteiger partial charge in [0.15, 0.2) is 0 Å². The van der Waals surface area contributed by atoms with Crippen LogP contribution in [0.15, 0.2) is 55.1 Å². The third-order valence-electron chi connectivity index (χ3n) is 6.82. The molecule has 0 saturated carbocycles. The molecule has 224 valence electrons. The van der Waals surface area contributed by atoms with Crippen molar-refractivity contribution in [2.45, 2.75) is 0 Å². The SMILES string of the molecule is C=Cc1c(OC)cc(OC)cc1OC.COc1ccccc1-c1cc(N2CCN(C)CC2)c(C=S(=O)=O)cc1C(=O)O. The quantitative estimate of drug-likeness (QED) is 0.361. The van der Waals surface area contributed by atoms with Gasteiger partial charge in [-0.05, 0) is 25.2 Å². The number of piperazine rings is 1. The Morgan fingerprint density at radius 3 is 1.95 bits per heavy atom. The normalized spacial score (nSPS) is 12.8. The van der Waals surface area contributed by atoms with Crippen LogP contribution in [0.4, 0.5) is 5.69 Å². The van der Waals surface area contributed by atoms with E-state index in [2.05, 4.69) is 16.4 Å². The molecule has 1 aliphatic rings. The summed E-state index contributed by atoms with van der Waals surface area (Å²) >= 11 is 0. The first kappa shape index (κ1) is 32.0. The summed E-state index contributed by atoms with van der Waals surface area (Å²) in [7, 11) is 5.91. The molecule has 0 unspecified atom stereocenters. The van der Waals surface area contributed by atoms with Crippen molar-refractivity contribution in [1.82, 2.24) is 4.90 Å². The largest absolute Gasteiger partial charge is 0.496 e. The molecule has 1 N–H and O–H groups in total. The van der Waals surface area contributed by atoms with Crippen molar-refractivity contribution in [2.24, 2.45) is 0 Å². The summed E-state index contributed by atoms with van der Waals surface area (Å²) in [5.41, 5.74) is 3.06. The van der Waals surface area contributed by atoms with Crippen molar-refractivity contribution >= 4 is 33.4 Å². The molecular formula is C31H36N2O8S. The number of benzene rings is 3. The Morgan fingerprint density at radius 1 is 0.857 bits per heavy atom. The van der Waals surface area contributed by atoms with Crippen LogP contribution in [-0.4, -0.2) is 91.4 Å². The highest BCUT2D eigenvalue weighted by molar-refractivity contribution is 7.71. The maximum absolute atomic E-state index is 11.9. The zero-order valence-electron chi connectivity index (χ0n) is 24.4. The minimum Gasteiger partial charge on any atom is -0.496 e. The van der Waals surface area contributed by atoms with Gasteiger partial charge in [-0.3, -0.25) is 0 Å². The molecule has 0 bridgehead atoms. The van der Waals surface area contributed by atoms with Gasteiger partial charge in [0.1, 0.15) is 23.0 Å². The molecule has 1 fully saturated rings. The highest BCUT2D eigenvalue weighted by Gasteiger charge is 2.23. The van der Waals surface area contributed by atoms with Crippen molar-refractivity contribution in [3.05, 3.63) is 71.8 Å². The summed E-state index contributed by atoms with van der Waals surface area (Å²) in [6, 6.07) is 13.9.